The van der Waals surface area contributed by atoms with E-state index in [2.05, 4.69) is 4.90 Å². The lowest BCUT2D eigenvalue weighted by atomic mass is 10.4. The predicted octanol–water partition coefficient (Wildman–Crippen LogP) is 1.18. The lowest BCUT2D eigenvalue weighted by Crippen LogP contribution is -2.24. The second-order valence-electron chi connectivity index (χ2n) is 2.77. The maximum Gasteiger partial charge on any atom is 0.0740 e. The van der Waals surface area contributed by atoms with Gasteiger partial charge in [0.15, 0.2) is 0 Å². The highest BCUT2D eigenvalue weighted by molar-refractivity contribution is 7.80. The first-order chi connectivity index (χ1) is 4.79. The molecule has 0 radical (unpaired) electrons. The van der Waals surface area contributed by atoms with Crippen LogP contribution in [0.3, 0.4) is 0 Å². The summed E-state index contributed by atoms with van der Waals surface area (Å²) in [5.74, 6) is 0. The van der Waals surface area contributed by atoms with Gasteiger partial charge in [0.2, 0.25) is 0 Å². The predicted molar refractivity (Wildman–Crippen MR) is 54.3 cm³/mol. The molecule has 66 valence electrons. The molecule has 0 unspecified atom stereocenters. The van der Waals surface area contributed by atoms with Crippen LogP contribution >= 0.6 is 24.6 Å². The van der Waals surface area contributed by atoms with Crippen LogP contribution in [0.5, 0.6) is 0 Å². The fraction of sp³-hybridized carbons (Fsp3) is 0.857. The molecule has 1 fully saturated rings. The van der Waals surface area contributed by atoms with E-state index >= 15 is 0 Å². The average Bonchev–Trinajstić information content (AvgIpc) is 2.34. The van der Waals surface area contributed by atoms with Crippen molar-refractivity contribution in [3.8, 4) is 0 Å². The molecule has 0 atom stereocenters. The molecular weight excluding hydrogens is 180 g/mol. The summed E-state index contributed by atoms with van der Waals surface area (Å²) < 4.78 is 0. The highest BCUT2D eigenvalue weighted by atomic mass is 35.5. The molecule has 1 aliphatic rings. The second kappa shape index (κ2) is 5.75. The van der Waals surface area contributed by atoms with Crippen LogP contribution in [0, 0.1) is 0 Å². The molecule has 1 aliphatic heterocycles. The van der Waals surface area contributed by atoms with Crippen molar-refractivity contribution in [2.75, 3.05) is 19.6 Å². The van der Waals surface area contributed by atoms with Gasteiger partial charge in [0.25, 0.3) is 0 Å². The molecule has 0 aliphatic carbocycles. The van der Waals surface area contributed by atoms with Crippen LogP contribution in [-0.4, -0.2) is 29.5 Å². The van der Waals surface area contributed by atoms with Gasteiger partial charge in [-0.3, -0.25) is 0 Å². The maximum atomic E-state index is 5.38. The molecule has 0 aromatic carbocycles. The minimum atomic E-state index is 0. The van der Waals surface area contributed by atoms with Crippen LogP contribution in [0.4, 0.5) is 0 Å². The summed E-state index contributed by atoms with van der Waals surface area (Å²) in [5, 5.41) is 0. The van der Waals surface area contributed by atoms with E-state index in [1.165, 1.54) is 25.9 Å². The first kappa shape index (κ1) is 11.1. The van der Waals surface area contributed by atoms with Crippen molar-refractivity contribution in [2.24, 2.45) is 5.73 Å². The third-order valence-electron chi connectivity index (χ3n) is 1.87. The molecule has 1 rings (SSSR count). The molecule has 2 N–H and O–H groups in total. The molecule has 0 aromatic rings. The van der Waals surface area contributed by atoms with E-state index in [1.54, 1.807) is 0 Å². The number of nitrogens with two attached hydrogens (primary N) is 1. The molecule has 2 nitrogen and oxygen atoms in total. The Morgan fingerprint density at radius 3 is 2.36 bits per heavy atom. The highest BCUT2D eigenvalue weighted by Gasteiger charge is 2.10. The summed E-state index contributed by atoms with van der Waals surface area (Å²) in [7, 11) is 0. The molecule has 0 spiro atoms. The summed E-state index contributed by atoms with van der Waals surface area (Å²) in [6, 6.07) is 0. The SMILES string of the molecule is Cl.NC(=S)CCN1CCCC1. The fourth-order valence-electron chi connectivity index (χ4n) is 1.27. The zero-order valence-electron chi connectivity index (χ0n) is 6.58. The molecule has 0 aromatic heterocycles. The lowest BCUT2D eigenvalue weighted by Gasteiger charge is -2.12. The minimum absolute atomic E-state index is 0. The maximum absolute atomic E-state index is 5.38. The summed E-state index contributed by atoms with van der Waals surface area (Å²) in [6.07, 6.45) is 3.57. The molecule has 0 amide bonds. The van der Waals surface area contributed by atoms with Gasteiger partial charge in [-0.25, -0.2) is 0 Å². The number of hydrogen-bond acceptors (Lipinski definition) is 2. The normalized spacial score (nSPS) is 17.8. The van der Waals surface area contributed by atoms with E-state index in [0.717, 1.165) is 13.0 Å². The Balaban J connectivity index is 0.000001000. The Bertz CT molecular complexity index is 124. The first-order valence-electron chi connectivity index (χ1n) is 3.80. The Morgan fingerprint density at radius 2 is 1.91 bits per heavy atom. The number of thiocarbonyl (C=S) groups is 1. The Kier molecular flexibility index (Phi) is 5.82. The highest BCUT2D eigenvalue weighted by Crippen LogP contribution is 2.06. The van der Waals surface area contributed by atoms with Crippen LogP contribution in [0.2, 0.25) is 0 Å². The number of halogens is 1. The second-order valence-corrected chi connectivity index (χ2v) is 3.29. The Morgan fingerprint density at radius 1 is 1.36 bits per heavy atom. The Hall–Kier alpha value is 0.140. The summed E-state index contributed by atoms with van der Waals surface area (Å²) in [6.45, 7) is 3.54. The van der Waals surface area contributed by atoms with Crippen LogP contribution in [0.25, 0.3) is 0 Å². The summed E-state index contributed by atoms with van der Waals surface area (Å²) >= 11 is 4.78. The van der Waals surface area contributed by atoms with Crippen LogP contribution in [-0.2, 0) is 0 Å². The smallest absolute Gasteiger partial charge is 0.0740 e. The number of hydrogen-bond donors (Lipinski definition) is 1. The number of likely N-dealkylation sites (tertiary alicyclic amines) is 1. The number of rotatable bonds is 3. The van der Waals surface area contributed by atoms with Crippen LogP contribution in [0.15, 0.2) is 0 Å². The third kappa shape index (κ3) is 4.56. The topological polar surface area (TPSA) is 29.3 Å². The quantitative estimate of drug-likeness (QED) is 0.685. The number of nitrogens with zero attached hydrogens (tertiary/aromatic N) is 1. The van der Waals surface area contributed by atoms with Crippen molar-refractivity contribution in [3.05, 3.63) is 0 Å². The molecular formula is C7H15ClN2S. The fourth-order valence-corrected chi connectivity index (χ4v) is 1.37. The van der Waals surface area contributed by atoms with Gasteiger partial charge in [-0.2, -0.15) is 0 Å². The van der Waals surface area contributed by atoms with E-state index in [9.17, 15) is 0 Å². The van der Waals surface area contributed by atoms with Crippen LogP contribution in [0.1, 0.15) is 19.3 Å². The summed E-state index contributed by atoms with van der Waals surface area (Å²) in [5.41, 5.74) is 5.38. The van der Waals surface area contributed by atoms with Gasteiger partial charge in [-0.15, -0.1) is 12.4 Å². The van der Waals surface area contributed by atoms with E-state index in [4.69, 9.17) is 18.0 Å². The van der Waals surface area contributed by atoms with Gasteiger partial charge in [-0.05, 0) is 25.9 Å². The van der Waals surface area contributed by atoms with Crippen molar-refractivity contribution in [2.45, 2.75) is 19.3 Å². The van der Waals surface area contributed by atoms with Crippen molar-refractivity contribution >= 4 is 29.6 Å². The monoisotopic (exact) mass is 194 g/mol. The molecule has 1 saturated heterocycles. The van der Waals surface area contributed by atoms with Gasteiger partial charge in [0.05, 0.1) is 4.99 Å². The standard InChI is InChI=1S/C7H14N2S.ClH/c8-7(10)3-6-9-4-1-2-5-9;/h1-6H2,(H2,8,10);1H. The van der Waals surface area contributed by atoms with E-state index in [0.29, 0.717) is 4.99 Å². The molecule has 1 heterocycles. The van der Waals surface area contributed by atoms with Gasteiger partial charge in [0, 0.05) is 13.0 Å². The van der Waals surface area contributed by atoms with E-state index in [1.807, 2.05) is 0 Å². The minimum Gasteiger partial charge on any atom is -0.393 e. The summed E-state index contributed by atoms with van der Waals surface area (Å²) in [4.78, 5) is 3.06. The molecule has 4 heteroatoms. The molecule has 11 heavy (non-hydrogen) atoms. The van der Waals surface area contributed by atoms with E-state index < -0.39 is 0 Å². The first-order valence-corrected chi connectivity index (χ1v) is 4.20. The lowest BCUT2D eigenvalue weighted by molar-refractivity contribution is 0.350. The zero-order valence-corrected chi connectivity index (χ0v) is 8.22. The van der Waals surface area contributed by atoms with Crippen molar-refractivity contribution in [3.63, 3.8) is 0 Å². The van der Waals surface area contributed by atoms with E-state index in [-0.39, 0.29) is 12.4 Å². The van der Waals surface area contributed by atoms with Gasteiger partial charge in [0.1, 0.15) is 0 Å². The van der Waals surface area contributed by atoms with Crippen molar-refractivity contribution < 1.29 is 0 Å². The third-order valence-corrected chi connectivity index (χ3v) is 2.08. The van der Waals surface area contributed by atoms with Crippen molar-refractivity contribution in [1.82, 2.24) is 4.90 Å². The Labute approximate surface area is 79.5 Å². The van der Waals surface area contributed by atoms with Gasteiger partial charge < -0.3 is 10.6 Å². The van der Waals surface area contributed by atoms with Gasteiger partial charge in [-0.1, -0.05) is 12.2 Å². The molecule has 0 bridgehead atoms. The zero-order chi connectivity index (χ0) is 7.40. The average molecular weight is 195 g/mol. The largest absolute Gasteiger partial charge is 0.393 e. The van der Waals surface area contributed by atoms with Gasteiger partial charge >= 0.3 is 0 Å². The van der Waals surface area contributed by atoms with Crippen molar-refractivity contribution in [1.29, 1.82) is 0 Å². The van der Waals surface area contributed by atoms with Crippen LogP contribution < -0.4 is 5.73 Å². The molecule has 0 saturated carbocycles.